The number of thioether (sulfide) groups is 1. The van der Waals surface area contributed by atoms with Gasteiger partial charge in [0.1, 0.15) is 0 Å². The highest BCUT2D eigenvalue weighted by atomic mass is 32.2. The van der Waals surface area contributed by atoms with E-state index in [1.54, 1.807) is 24.3 Å². The lowest BCUT2D eigenvalue weighted by molar-refractivity contribution is 0.0763. The highest BCUT2D eigenvalue weighted by Crippen LogP contribution is 2.23. The number of carbonyl (C=O) groups is 2. The number of likely N-dealkylation sites (tertiary alicyclic amines) is 1. The van der Waals surface area contributed by atoms with E-state index in [0.717, 1.165) is 25.3 Å². The van der Waals surface area contributed by atoms with Crippen molar-refractivity contribution in [3.05, 3.63) is 29.8 Å². The van der Waals surface area contributed by atoms with Gasteiger partial charge in [0.25, 0.3) is 5.91 Å². The second kappa shape index (κ2) is 8.82. The highest BCUT2D eigenvalue weighted by Gasteiger charge is 2.23. The Balaban J connectivity index is 2.09. The van der Waals surface area contributed by atoms with Crippen molar-refractivity contribution in [1.29, 1.82) is 0 Å². The average molecular weight is 336 g/mol. The first-order chi connectivity index (χ1) is 11.1. The first-order valence-corrected chi connectivity index (χ1v) is 9.04. The van der Waals surface area contributed by atoms with E-state index >= 15 is 0 Å². The van der Waals surface area contributed by atoms with Gasteiger partial charge in [-0.05, 0) is 36.8 Å². The van der Waals surface area contributed by atoms with Gasteiger partial charge in [0.15, 0.2) is 0 Å². The third kappa shape index (κ3) is 5.16. The maximum Gasteiger partial charge on any atom is 0.411 e. The lowest BCUT2D eigenvalue weighted by Crippen LogP contribution is -2.35. The predicted molar refractivity (Wildman–Crippen MR) is 94.1 cm³/mol. The molecule has 23 heavy (non-hydrogen) atoms. The number of anilines is 1. The monoisotopic (exact) mass is 336 g/mol. The average Bonchev–Trinajstić information content (AvgIpc) is 2.80. The maximum atomic E-state index is 12.8. The lowest BCUT2D eigenvalue weighted by atomic mass is 10.1. The van der Waals surface area contributed by atoms with Crippen LogP contribution in [0.5, 0.6) is 0 Å². The van der Waals surface area contributed by atoms with Gasteiger partial charge in [0, 0.05) is 29.6 Å². The van der Waals surface area contributed by atoms with Crippen molar-refractivity contribution in [3.63, 3.8) is 0 Å². The summed E-state index contributed by atoms with van der Waals surface area (Å²) in [5, 5.41) is 3.11. The maximum absolute atomic E-state index is 12.8. The third-order valence-corrected chi connectivity index (χ3v) is 5.05. The van der Waals surface area contributed by atoms with Crippen LogP contribution in [-0.2, 0) is 4.74 Å². The van der Waals surface area contributed by atoms with Crippen molar-refractivity contribution < 1.29 is 14.3 Å². The fourth-order valence-electron chi connectivity index (χ4n) is 2.74. The summed E-state index contributed by atoms with van der Waals surface area (Å²) in [7, 11) is 1.31. The molecule has 1 fully saturated rings. The molecular formula is C17H24N2O3S. The van der Waals surface area contributed by atoms with E-state index in [2.05, 4.69) is 17.0 Å². The molecule has 0 bridgehead atoms. The predicted octanol–water partition coefficient (Wildman–Crippen LogP) is 3.61. The summed E-state index contributed by atoms with van der Waals surface area (Å²) >= 11 is 1.93. The van der Waals surface area contributed by atoms with Gasteiger partial charge in [0.2, 0.25) is 0 Å². The van der Waals surface area contributed by atoms with Crippen molar-refractivity contribution in [2.45, 2.75) is 31.4 Å². The summed E-state index contributed by atoms with van der Waals surface area (Å²) in [5.74, 6) is 1.10. The summed E-state index contributed by atoms with van der Waals surface area (Å²) in [6.07, 6.45) is 2.85. The second-order valence-electron chi connectivity index (χ2n) is 5.52. The van der Waals surface area contributed by atoms with Gasteiger partial charge in [0.05, 0.1) is 7.11 Å². The largest absolute Gasteiger partial charge is 0.453 e. The van der Waals surface area contributed by atoms with Crippen LogP contribution in [0.2, 0.25) is 0 Å². The van der Waals surface area contributed by atoms with Gasteiger partial charge < -0.3 is 9.64 Å². The molecule has 0 saturated carbocycles. The summed E-state index contributed by atoms with van der Waals surface area (Å²) in [4.78, 5) is 26.0. The van der Waals surface area contributed by atoms with Gasteiger partial charge in [-0.2, -0.15) is 11.8 Å². The molecule has 5 nitrogen and oxygen atoms in total. The number of nitrogens with one attached hydrogen (secondary N) is 1. The Morgan fingerprint density at radius 2 is 2.22 bits per heavy atom. The molecule has 1 aromatic rings. The number of ether oxygens (including phenoxy) is 1. The zero-order valence-electron chi connectivity index (χ0n) is 13.7. The number of methoxy groups -OCH3 is 1. The Hall–Kier alpha value is -1.69. The Kier molecular flexibility index (Phi) is 6.77. The molecule has 6 heteroatoms. The van der Waals surface area contributed by atoms with Crippen LogP contribution in [0.1, 0.15) is 36.5 Å². The Bertz CT molecular complexity index is 550. The summed E-state index contributed by atoms with van der Waals surface area (Å²) in [6, 6.07) is 7.00. The van der Waals surface area contributed by atoms with Gasteiger partial charge in [-0.1, -0.05) is 19.4 Å². The van der Waals surface area contributed by atoms with Crippen LogP contribution >= 0.6 is 11.8 Å². The van der Waals surface area contributed by atoms with Gasteiger partial charge in [-0.15, -0.1) is 0 Å². The van der Waals surface area contributed by atoms with Crippen LogP contribution in [0.4, 0.5) is 10.5 Å². The number of hydrogen-bond donors (Lipinski definition) is 1. The van der Waals surface area contributed by atoms with Crippen LogP contribution in [0.25, 0.3) is 0 Å². The minimum absolute atomic E-state index is 0.0297. The van der Waals surface area contributed by atoms with Gasteiger partial charge in [-0.3, -0.25) is 10.1 Å². The number of nitrogens with zero attached hydrogens (tertiary/aromatic N) is 1. The highest BCUT2D eigenvalue weighted by molar-refractivity contribution is 7.99. The summed E-state index contributed by atoms with van der Waals surface area (Å²) in [5.41, 5.74) is 1.16. The van der Waals surface area contributed by atoms with Gasteiger partial charge in [-0.25, -0.2) is 4.79 Å². The number of benzene rings is 1. The Morgan fingerprint density at radius 3 is 2.96 bits per heavy atom. The van der Waals surface area contributed by atoms with Crippen LogP contribution < -0.4 is 5.32 Å². The minimum atomic E-state index is -0.538. The number of rotatable bonds is 4. The molecular weight excluding hydrogens is 312 g/mol. The second-order valence-corrected chi connectivity index (χ2v) is 7.10. The molecule has 1 N–H and O–H groups in total. The third-order valence-electron chi connectivity index (χ3n) is 3.86. The first-order valence-electron chi connectivity index (χ1n) is 8.00. The fourth-order valence-corrected chi connectivity index (χ4v) is 3.83. The molecule has 0 aliphatic carbocycles. The number of amides is 2. The Morgan fingerprint density at radius 1 is 1.39 bits per heavy atom. The molecule has 1 aliphatic heterocycles. The normalized spacial score (nSPS) is 18.2. The van der Waals surface area contributed by atoms with Crippen molar-refractivity contribution in [3.8, 4) is 0 Å². The molecule has 1 heterocycles. The lowest BCUT2D eigenvalue weighted by Gasteiger charge is -2.24. The van der Waals surface area contributed by atoms with Crippen molar-refractivity contribution in [2.24, 2.45) is 0 Å². The molecule has 0 spiro atoms. The summed E-state index contributed by atoms with van der Waals surface area (Å²) in [6.45, 7) is 3.75. The fraction of sp³-hybridized carbons (Fsp3) is 0.529. The van der Waals surface area contributed by atoms with Crippen molar-refractivity contribution in [2.75, 3.05) is 31.3 Å². The standard InChI is InChI=1S/C17H24N2O3S/c1-3-23-15-9-4-5-10-19(12-15)16(20)13-7-6-8-14(11-13)18-17(21)22-2/h6-8,11,15H,3-5,9-10,12H2,1-2H3,(H,18,21). The molecule has 126 valence electrons. The SMILES string of the molecule is CCSC1CCCCN(C(=O)c2cccc(NC(=O)OC)c2)C1. The van der Waals surface area contributed by atoms with Crippen LogP contribution in [0, 0.1) is 0 Å². The molecule has 2 rings (SSSR count). The van der Waals surface area contributed by atoms with Crippen molar-refractivity contribution >= 4 is 29.4 Å². The smallest absolute Gasteiger partial charge is 0.411 e. The van der Waals surface area contributed by atoms with E-state index in [-0.39, 0.29) is 5.91 Å². The van der Waals surface area contributed by atoms with Crippen LogP contribution in [0.15, 0.2) is 24.3 Å². The first kappa shape index (κ1) is 17.7. The van der Waals surface area contributed by atoms with Crippen LogP contribution in [-0.4, -0.2) is 48.1 Å². The van der Waals surface area contributed by atoms with E-state index in [9.17, 15) is 9.59 Å². The summed E-state index contributed by atoms with van der Waals surface area (Å²) < 4.78 is 4.58. The molecule has 1 aromatic carbocycles. The number of carbonyl (C=O) groups excluding carboxylic acids is 2. The molecule has 0 radical (unpaired) electrons. The Labute approximate surface area is 141 Å². The molecule has 1 unspecified atom stereocenters. The van der Waals surface area contributed by atoms with Crippen molar-refractivity contribution in [1.82, 2.24) is 4.90 Å². The molecule has 1 saturated heterocycles. The van der Waals surface area contributed by atoms with E-state index in [1.165, 1.54) is 20.0 Å². The van der Waals surface area contributed by atoms with E-state index in [1.807, 2.05) is 16.7 Å². The topological polar surface area (TPSA) is 58.6 Å². The van der Waals surface area contributed by atoms with Crippen LogP contribution in [0.3, 0.4) is 0 Å². The zero-order valence-corrected chi connectivity index (χ0v) is 14.5. The molecule has 2 amide bonds. The quantitative estimate of drug-likeness (QED) is 0.912. The van der Waals surface area contributed by atoms with E-state index in [0.29, 0.717) is 16.5 Å². The zero-order chi connectivity index (χ0) is 16.7. The molecule has 0 aromatic heterocycles. The number of hydrogen-bond acceptors (Lipinski definition) is 4. The van der Waals surface area contributed by atoms with Gasteiger partial charge >= 0.3 is 6.09 Å². The molecule has 1 aliphatic rings. The van der Waals surface area contributed by atoms with E-state index < -0.39 is 6.09 Å². The molecule has 1 atom stereocenters. The van der Waals surface area contributed by atoms with E-state index in [4.69, 9.17) is 0 Å². The minimum Gasteiger partial charge on any atom is -0.453 e.